The van der Waals surface area contributed by atoms with E-state index in [1.54, 1.807) is 12.4 Å². The van der Waals surface area contributed by atoms with Gasteiger partial charge in [0, 0.05) is 32.4 Å². The van der Waals surface area contributed by atoms with Crippen molar-refractivity contribution in [2.24, 2.45) is 0 Å². The maximum absolute atomic E-state index is 13.5. The molecule has 2 aromatic rings. The second-order valence-electron chi connectivity index (χ2n) is 4.38. The summed E-state index contributed by atoms with van der Waals surface area (Å²) >= 11 is 0. The molecule has 1 aromatic heterocycles. The number of hydrogen-bond acceptors (Lipinski definition) is 3. The number of nitrogens with one attached hydrogen (secondary N) is 1. The van der Waals surface area contributed by atoms with Crippen molar-refractivity contribution in [2.45, 2.75) is 6.54 Å². The summed E-state index contributed by atoms with van der Waals surface area (Å²) in [6.45, 7) is 0.204. The van der Waals surface area contributed by atoms with Gasteiger partial charge in [-0.2, -0.15) is 0 Å². The third-order valence-corrected chi connectivity index (χ3v) is 2.76. The van der Waals surface area contributed by atoms with Gasteiger partial charge in [-0.15, -0.1) is 0 Å². The summed E-state index contributed by atoms with van der Waals surface area (Å²) in [7, 11) is 3.81. The Bertz CT molecular complexity index is 570. The number of aromatic nitrogens is 1. The van der Waals surface area contributed by atoms with Crippen molar-refractivity contribution in [1.82, 2.24) is 4.98 Å². The van der Waals surface area contributed by atoms with Crippen LogP contribution in [0.1, 0.15) is 5.56 Å². The van der Waals surface area contributed by atoms with Crippen LogP contribution < -0.4 is 10.2 Å². The molecule has 0 atom stereocenters. The Morgan fingerprint density at radius 2 is 2.00 bits per heavy atom. The Labute approximate surface area is 110 Å². The minimum absolute atomic E-state index is 0.204. The SMILES string of the molecule is CN(C)c1ccncc1NCc1cc(F)ccc1F. The molecule has 2 rings (SSSR count). The molecule has 0 bridgehead atoms. The number of halogens is 2. The largest absolute Gasteiger partial charge is 0.378 e. The highest BCUT2D eigenvalue weighted by Crippen LogP contribution is 2.23. The zero-order chi connectivity index (χ0) is 13.8. The lowest BCUT2D eigenvalue weighted by atomic mass is 10.2. The lowest BCUT2D eigenvalue weighted by Crippen LogP contribution is -2.12. The van der Waals surface area contributed by atoms with Gasteiger partial charge >= 0.3 is 0 Å². The third-order valence-electron chi connectivity index (χ3n) is 2.76. The van der Waals surface area contributed by atoms with Gasteiger partial charge in [-0.1, -0.05) is 0 Å². The highest BCUT2D eigenvalue weighted by Gasteiger charge is 2.07. The second kappa shape index (κ2) is 5.65. The summed E-state index contributed by atoms with van der Waals surface area (Å²) in [6, 6.07) is 5.27. The van der Waals surface area contributed by atoms with E-state index in [2.05, 4.69) is 10.3 Å². The Hall–Kier alpha value is -2.17. The first-order valence-corrected chi connectivity index (χ1v) is 5.87. The van der Waals surface area contributed by atoms with Crippen LogP contribution in [0.2, 0.25) is 0 Å². The lowest BCUT2D eigenvalue weighted by Gasteiger charge is -2.18. The van der Waals surface area contributed by atoms with Gasteiger partial charge in [-0.25, -0.2) is 8.78 Å². The van der Waals surface area contributed by atoms with Crippen LogP contribution in [0.4, 0.5) is 20.2 Å². The van der Waals surface area contributed by atoms with Crippen LogP contribution in [0.5, 0.6) is 0 Å². The molecule has 0 amide bonds. The molecule has 0 fully saturated rings. The molecule has 100 valence electrons. The number of benzene rings is 1. The molecule has 5 heteroatoms. The first kappa shape index (κ1) is 13.3. The van der Waals surface area contributed by atoms with Crippen molar-refractivity contribution in [3.63, 3.8) is 0 Å². The minimum atomic E-state index is -0.447. The van der Waals surface area contributed by atoms with E-state index in [1.165, 1.54) is 6.07 Å². The molecular weight excluding hydrogens is 248 g/mol. The van der Waals surface area contributed by atoms with Crippen LogP contribution in [-0.4, -0.2) is 19.1 Å². The van der Waals surface area contributed by atoms with E-state index in [0.717, 1.165) is 23.5 Å². The number of hydrogen-bond donors (Lipinski definition) is 1. The van der Waals surface area contributed by atoms with Gasteiger partial charge in [0.15, 0.2) is 0 Å². The zero-order valence-electron chi connectivity index (χ0n) is 10.8. The average molecular weight is 263 g/mol. The Balaban J connectivity index is 2.17. The molecule has 0 spiro atoms. The smallest absolute Gasteiger partial charge is 0.128 e. The molecule has 0 unspecified atom stereocenters. The Morgan fingerprint density at radius 3 is 2.74 bits per heavy atom. The van der Waals surface area contributed by atoms with E-state index >= 15 is 0 Å². The molecule has 1 N–H and O–H groups in total. The summed E-state index contributed by atoms with van der Waals surface area (Å²) in [5, 5.41) is 3.07. The number of anilines is 2. The van der Waals surface area contributed by atoms with E-state index in [-0.39, 0.29) is 12.1 Å². The quantitative estimate of drug-likeness (QED) is 0.919. The van der Waals surface area contributed by atoms with Gasteiger partial charge < -0.3 is 10.2 Å². The summed E-state index contributed by atoms with van der Waals surface area (Å²) < 4.78 is 26.6. The highest BCUT2D eigenvalue weighted by molar-refractivity contribution is 5.68. The van der Waals surface area contributed by atoms with Crippen LogP contribution in [0.15, 0.2) is 36.7 Å². The molecule has 0 saturated carbocycles. The third kappa shape index (κ3) is 3.19. The Kier molecular flexibility index (Phi) is 3.94. The molecule has 0 radical (unpaired) electrons. The maximum Gasteiger partial charge on any atom is 0.128 e. The molecule has 1 aromatic carbocycles. The van der Waals surface area contributed by atoms with Crippen molar-refractivity contribution in [3.05, 3.63) is 53.9 Å². The first-order chi connectivity index (χ1) is 9.08. The number of rotatable bonds is 4. The minimum Gasteiger partial charge on any atom is -0.378 e. The summed E-state index contributed by atoms with van der Waals surface area (Å²) in [4.78, 5) is 5.95. The van der Waals surface area contributed by atoms with Gasteiger partial charge in [0.05, 0.1) is 17.6 Å². The van der Waals surface area contributed by atoms with Crippen LogP contribution in [0, 0.1) is 11.6 Å². The fourth-order valence-corrected chi connectivity index (χ4v) is 1.78. The number of pyridine rings is 1. The summed E-state index contributed by atoms with van der Waals surface area (Å²) in [5.74, 6) is -0.874. The average Bonchev–Trinajstić information content (AvgIpc) is 2.40. The predicted molar refractivity (Wildman–Crippen MR) is 72.2 cm³/mol. The van der Waals surface area contributed by atoms with Gasteiger partial charge in [0.1, 0.15) is 11.6 Å². The molecule has 0 aliphatic rings. The maximum atomic E-state index is 13.5. The fourth-order valence-electron chi connectivity index (χ4n) is 1.78. The normalized spacial score (nSPS) is 10.3. The van der Waals surface area contributed by atoms with E-state index in [1.807, 2.05) is 25.1 Å². The van der Waals surface area contributed by atoms with Crippen molar-refractivity contribution < 1.29 is 8.78 Å². The van der Waals surface area contributed by atoms with Crippen molar-refractivity contribution >= 4 is 11.4 Å². The zero-order valence-corrected chi connectivity index (χ0v) is 10.8. The van der Waals surface area contributed by atoms with Crippen LogP contribution >= 0.6 is 0 Å². The molecular formula is C14H15F2N3. The first-order valence-electron chi connectivity index (χ1n) is 5.87. The molecule has 1 heterocycles. The Morgan fingerprint density at radius 1 is 1.21 bits per heavy atom. The van der Waals surface area contributed by atoms with Crippen LogP contribution in [0.25, 0.3) is 0 Å². The summed E-state index contributed by atoms with van der Waals surface area (Å²) in [6.07, 6.45) is 3.34. The molecule has 0 aliphatic carbocycles. The highest BCUT2D eigenvalue weighted by atomic mass is 19.1. The van der Waals surface area contributed by atoms with Gasteiger partial charge in [0.25, 0.3) is 0 Å². The topological polar surface area (TPSA) is 28.2 Å². The van der Waals surface area contributed by atoms with Gasteiger partial charge in [-0.3, -0.25) is 4.98 Å². The fraction of sp³-hybridized carbons (Fsp3) is 0.214. The molecule has 0 saturated heterocycles. The molecule has 19 heavy (non-hydrogen) atoms. The van der Waals surface area contributed by atoms with E-state index in [9.17, 15) is 8.78 Å². The van der Waals surface area contributed by atoms with Crippen molar-refractivity contribution in [1.29, 1.82) is 0 Å². The monoisotopic (exact) mass is 263 g/mol. The van der Waals surface area contributed by atoms with Crippen molar-refractivity contribution in [3.8, 4) is 0 Å². The summed E-state index contributed by atoms with van der Waals surface area (Å²) in [5.41, 5.74) is 2.00. The van der Waals surface area contributed by atoms with E-state index in [4.69, 9.17) is 0 Å². The molecule has 0 aliphatic heterocycles. The van der Waals surface area contributed by atoms with Crippen LogP contribution in [0.3, 0.4) is 0 Å². The van der Waals surface area contributed by atoms with Gasteiger partial charge in [-0.05, 0) is 24.3 Å². The van der Waals surface area contributed by atoms with Crippen LogP contribution in [-0.2, 0) is 6.54 Å². The lowest BCUT2D eigenvalue weighted by molar-refractivity contribution is 0.587. The second-order valence-corrected chi connectivity index (χ2v) is 4.38. The standard InChI is InChI=1S/C14H15F2N3/c1-19(2)14-5-6-17-9-13(14)18-8-10-7-11(15)3-4-12(10)16/h3-7,9,18H,8H2,1-2H3. The van der Waals surface area contributed by atoms with E-state index in [0.29, 0.717) is 0 Å². The van der Waals surface area contributed by atoms with Gasteiger partial charge in [0.2, 0.25) is 0 Å². The predicted octanol–water partition coefficient (Wildman–Crippen LogP) is 3.04. The number of nitrogens with zero attached hydrogens (tertiary/aromatic N) is 2. The molecule has 3 nitrogen and oxygen atoms in total. The van der Waals surface area contributed by atoms with Crippen molar-refractivity contribution in [2.75, 3.05) is 24.3 Å². The van der Waals surface area contributed by atoms with E-state index < -0.39 is 11.6 Å².